The topological polar surface area (TPSA) is 53.7 Å². The van der Waals surface area contributed by atoms with Gasteiger partial charge < -0.3 is 19.9 Å². The van der Waals surface area contributed by atoms with Crippen LogP contribution in [0.4, 0.5) is 4.39 Å². The zero-order valence-corrected chi connectivity index (χ0v) is 12.0. The van der Waals surface area contributed by atoms with E-state index in [4.69, 9.17) is 19.9 Å². The lowest BCUT2D eigenvalue weighted by atomic mass is 10.1. The first-order valence-corrected chi connectivity index (χ1v) is 6.49. The summed E-state index contributed by atoms with van der Waals surface area (Å²) < 4.78 is 28.9. The van der Waals surface area contributed by atoms with E-state index >= 15 is 0 Å². The molecule has 0 heterocycles. The molecule has 0 aliphatic rings. The van der Waals surface area contributed by atoms with Crippen molar-refractivity contribution in [2.45, 2.75) is 6.04 Å². The molecule has 2 aromatic carbocycles. The predicted molar refractivity (Wildman–Crippen MR) is 78.4 cm³/mol. The van der Waals surface area contributed by atoms with Crippen LogP contribution >= 0.6 is 0 Å². The maximum Gasteiger partial charge on any atom is 0.126 e. The number of rotatable bonds is 6. The van der Waals surface area contributed by atoms with Crippen molar-refractivity contribution in [3.05, 3.63) is 53.8 Å². The molecule has 0 saturated heterocycles. The van der Waals surface area contributed by atoms with Crippen molar-refractivity contribution in [1.82, 2.24) is 0 Å². The SMILES string of the molecule is COc1cc(OC)cc(OCC(N)c2ccc(F)cc2)c1. The average molecular weight is 291 g/mol. The predicted octanol–water partition coefficient (Wildman–Crippen LogP) is 2.92. The molecule has 5 heteroatoms. The summed E-state index contributed by atoms with van der Waals surface area (Å²) in [7, 11) is 3.14. The van der Waals surface area contributed by atoms with Crippen LogP contribution in [0.1, 0.15) is 11.6 Å². The van der Waals surface area contributed by atoms with Gasteiger partial charge in [0.25, 0.3) is 0 Å². The van der Waals surface area contributed by atoms with Gasteiger partial charge in [0.05, 0.1) is 20.3 Å². The van der Waals surface area contributed by atoms with Crippen molar-refractivity contribution in [2.24, 2.45) is 5.73 Å². The summed E-state index contributed by atoms with van der Waals surface area (Å²) >= 11 is 0. The number of benzene rings is 2. The number of nitrogens with two attached hydrogens (primary N) is 1. The molecule has 1 unspecified atom stereocenters. The fraction of sp³-hybridized carbons (Fsp3) is 0.250. The summed E-state index contributed by atoms with van der Waals surface area (Å²) in [5.41, 5.74) is 6.84. The Morgan fingerprint density at radius 2 is 1.48 bits per heavy atom. The molecule has 0 radical (unpaired) electrons. The first kappa shape index (κ1) is 15.1. The summed E-state index contributed by atoms with van der Waals surface area (Å²) in [5, 5.41) is 0. The highest BCUT2D eigenvalue weighted by Gasteiger charge is 2.09. The third kappa shape index (κ3) is 4.10. The molecule has 0 amide bonds. The average Bonchev–Trinajstić information content (AvgIpc) is 2.52. The van der Waals surface area contributed by atoms with Crippen molar-refractivity contribution in [3.63, 3.8) is 0 Å². The molecule has 21 heavy (non-hydrogen) atoms. The lowest BCUT2D eigenvalue weighted by Gasteiger charge is -2.15. The van der Waals surface area contributed by atoms with Gasteiger partial charge in [0.2, 0.25) is 0 Å². The molecule has 112 valence electrons. The third-order valence-corrected chi connectivity index (χ3v) is 3.05. The number of hydrogen-bond acceptors (Lipinski definition) is 4. The molecule has 0 saturated carbocycles. The van der Waals surface area contributed by atoms with Gasteiger partial charge in [-0.2, -0.15) is 0 Å². The Hall–Kier alpha value is -2.27. The van der Waals surface area contributed by atoms with Crippen molar-refractivity contribution >= 4 is 0 Å². The fourth-order valence-electron chi connectivity index (χ4n) is 1.86. The lowest BCUT2D eigenvalue weighted by Crippen LogP contribution is -2.19. The Balaban J connectivity index is 2.03. The minimum atomic E-state index is -0.345. The van der Waals surface area contributed by atoms with Gasteiger partial charge in [0, 0.05) is 18.2 Å². The molecule has 0 bridgehead atoms. The van der Waals surface area contributed by atoms with Crippen LogP contribution in [0.5, 0.6) is 17.2 Å². The van der Waals surface area contributed by atoms with Gasteiger partial charge in [0.15, 0.2) is 0 Å². The Morgan fingerprint density at radius 1 is 0.952 bits per heavy atom. The molecule has 0 fully saturated rings. The summed E-state index contributed by atoms with van der Waals surface area (Å²) in [4.78, 5) is 0. The van der Waals surface area contributed by atoms with Gasteiger partial charge in [-0.3, -0.25) is 0 Å². The Kier molecular flexibility index (Phi) is 5.00. The van der Waals surface area contributed by atoms with Gasteiger partial charge in [0.1, 0.15) is 29.7 Å². The maximum atomic E-state index is 12.9. The van der Waals surface area contributed by atoms with E-state index in [9.17, 15) is 4.39 Å². The van der Waals surface area contributed by atoms with Gasteiger partial charge in [-0.15, -0.1) is 0 Å². The zero-order valence-electron chi connectivity index (χ0n) is 12.0. The summed E-state index contributed by atoms with van der Waals surface area (Å²) in [6, 6.07) is 11.0. The minimum absolute atomic E-state index is 0.266. The second kappa shape index (κ2) is 6.95. The molecule has 0 aromatic heterocycles. The van der Waals surface area contributed by atoms with E-state index in [2.05, 4.69) is 0 Å². The molecular weight excluding hydrogens is 273 g/mol. The van der Waals surface area contributed by atoms with Gasteiger partial charge in [-0.05, 0) is 17.7 Å². The molecule has 1 atom stereocenters. The highest BCUT2D eigenvalue weighted by Crippen LogP contribution is 2.28. The summed E-state index contributed by atoms with van der Waals surface area (Å²) in [6.45, 7) is 0.266. The van der Waals surface area contributed by atoms with Crippen LogP contribution < -0.4 is 19.9 Å². The number of hydrogen-bond donors (Lipinski definition) is 1. The number of ether oxygens (including phenoxy) is 3. The quantitative estimate of drug-likeness (QED) is 0.889. The molecule has 0 aliphatic carbocycles. The first-order valence-electron chi connectivity index (χ1n) is 6.49. The lowest BCUT2D eigenvalue weighted by molar-refractivity contribution is 0.286. The van der Waals surface area contributed by atoms with Crippen LogP contribution in [-0.4, -0.2) is 20.8 Å². The van der Waals surface area contributed by atoms with E-state index in [-0.39, 0.29) is 18.5 Å². The van der Waals surface area contributed by atoms with E-state index in [0.29, 0.717) is 17.2 Å². The van der Waals surface area contributed by atoms with E-state index in [0.717, 1.165) is 5.56 Å². The zero-order chi connectivity index (χ0) is 15.2. The Labute approximate surface area is 123 Å². The molecule has 2 rings (SSSR count). The smallest absolute Gasteiger partial charge is 0.126 e. The molecule has 0 spiro atoms. The summed E-state index contributed by atoms with van der Waals surface area (Å²) in [5.74, 6) is 1.59. The standard InChI is InChI=1S/C16H18FNO3/c1-19-13-7-14(20-2)9-15(8-13)21-10-16(18)11-3-5-12(17)6-4-11/h3-9,16H,10,18H2,1-2H3. The van der Waals surface area contributed by atoms with Gasteiger partial charge in [-0.1, -0.05) is 12.1 Å². The van der Waals surface area contributed by atoms with Crippen LogP contribution in [0, 0.1) is 5.82 Å². The van der Waals surface area contributed by atoms with Crippen molar-refractivity contribution < 1.29 is 18.6 Å². The van der Waals surface area contributed by atoms with Gasteiger partial charge in [-0.25, -0.2) is 4.39 Å². The third-order valence-electron chi connectivity index (χ3n) is 3.05. The second-order valence-electron chi connectivity index (χ2n) is 4.52. The molecule has 4 nitrogen and oxygen atoms in total. The fourth-order valence-corrected chi connectivity index (χ4v) is 1.86. The molecule has 2 aromatic rings. The Morgan fingerprint density at radius 3 is 2.00 bits per heavy atom. The minimum Gasteiger partial charge on any atom is -0.496 e. The van der Waals surface area contributed by atoms with Crippen molar-refractivity contribution in [2.75, 3.05) is 20.8 Å². The van der Waals surface area contributed by atoms with E-state index in [1.807, 2.05) is 0 Å². The molecular formula is C16H18FNO3. The summed E-state index contributed by atoms with van der Waals surface area (Å²) in [6.07, 6.45) is 0. The van der Waals surface area contributed by atoms with Crippen LogP contribution in [0.2, 0.25) is 0 Å². The van der Waals surface area contributed by atoms with Crippen molar-refractivity contribution in [1.29, 1.82) is 0 Å². The number of methoxy groups -OCH3 is 2. The Bertz CT molecular complexity index is 564. The second-order valence-corrected chi connectivity index (χ2v) is 4.52. The maximum absolute atomic E-state index is 12.9. The van der Waals surface area contributed by atoms with Crippen LogP contribution in [0.15, 0.2) is 42.5 Å². The van der Waals surface area contributed by atoms with Crippen LogP contribution in [0.3, 0.4) is 0 Å². The van der Waals surface area contributed by atoms with E-state index in [1.165, 1.54) is 12.1 Å². The van der Waals surface area contributed by atoms with E-state index < -0.39 is 0 Å². The molecule has 0 aliphatic heterocycles. The molecule has 2 N–H and O–H groups in total. The first-order chi connectivity index (χ1) is 10.1. The van der Waals surface area contributed by atoms with Crippen molar-refractivity contribution in [3.8, 4) is 17.2 Å². The van der Waals surface area contributed by atoms with E-state index in [1.54, 1.807) is 44.6 Å². The number of halogens is 1. The highest BCUT2D eigenvalue weighted by molar-refractivity contribution is 5.42. The highest BCUT2D eigenvalue weighted by atomic mass is 19.1. The normalized spacial score (nSPS) is 11.8. The largest absolute Gasteiger partial charge is 0.496 e. The monoisotopic (exact) mass is 291 g/mol. The van der Waals surface area contributed by atoms with Crippen LogP contribution in [-0.2, 0) is 0 Å². The van der Waals surface area contributed by atoms with Gasteiger partial charge >= 0.3 is 0 Å². The van der Waals surface area contributed by atoms with Crippen LogP contribution in [0.25, 0.3) is 0 Å².